The van der Waals surface area contributed by atoms with E-state index in [1.165, 1.54) is 6.92 Å². The van der Waals surface area contributed by atoms with Crippen LogP contribution < -0.4 is 11.5 Å². The summed E-state index contributed by atoms with van der Waals surface area (Å²) in [5.41, 5.74) is 11.4. The Morgan fingerprint density at radius 3 is 2.71 bits per heavy atom. The van der Waals surface area contributed by atoms with Crippen LogP contribution in [0.25, 0.3) is 0 Å². The molecule has 0 aromatic heterocycles. The summed E-state index contributed by atoms with van der Waals surface area (Å²) in [6, 6.07) is 7.07. The Hall–Kier alpha value is -1.55. The summed E-state index contributed by atoms with van der Waals surface area (Å²) in [4.78, 5) is 10.8. The Labute approximate surface area is 82.5 Å². The minimum atomic E-state index is -1.24. The molecule has 1 aromatic carbocycles. The van der Waals surface area contributed by atoms with E-state index < -0.39 is 11.5 Å². The Balaban J connectivity index is 2.83. The average Bonchev–Trinajstić information content (AvgIpc) is 2.02. The van der Waals surface area contributed by atoms with Crippen LogP contribution in [0, 0.1) is 0 Å². The summed E-state index contributed by atoms with van der Waals surface area (Å²) < 4.78 is 0. The molecule has 1 atom stereocenters. The second-order valence-electron chi connectivity index (χ2n) is 3.64. The third kappa shape index (κ3) is 2.47. The van der Waals surface area contributed by atoms with E-state index in [0.717, 1.165) is 5.56 Å². The lowest BCUT2D eigenvalue weighted by molar-refractivity contribution is -0.142. The molecule has 0 aliphatic carbocycles. The van der Waals surface area contributed by atoms with Crippen LogP contribution in [0.5, 0.6) is 0 Å². The highest BCUT2D eigenvalue weighted by Crippen LogP contribution is 2.13. The molecule has 0 saturated heterocycles. The van der Waals surface area contributed by atoms with E-state index >= 15 is 0 Å². The molecule has 4 nitrogen and oxygen atoms in total. The van der Waals surface area contributed by atoms with Gasteiger partial charge in [0.1, 0.15) is 5.54 Å². The quantitative estimate of drug-likeness (QED) is 0.615. The predicted molar refractivity (Wildman–Crippen MR) is 54.8 cm³/mol. The van der Waals surface area contributed by atoms with Crippen LogP contribution in [-0.2, 0) is 11.2 Å². The molecule has 1 aromatic rings. The summed E-state index contributed by atoms with van der Waals surface area (Å²) >= 11 is 0. The van der Waals surface area contributed by atoms with Crippen LogP contribution in [0.1, 0.15) is 12.5 Å². The highest BCUT2D eigenvalue weighted by Gasteiger charge is 2.27. The average molecular weight is 194 g/mol. The molecule has 0 spiro atoms. The number of nitrogen functional groups attached to an aromatic ring is 1. The van der Waals surface area contributed by atoms with Crippen molar-refractivity contribution in [1.82, 2.24) is 0 Å². The lowest BCUT2D eigenvalue weighted by Gasteiger charge is -2.19. The fourth-order valence-corrected chi connectivity index (χ4v) is 1.20. The van der Waals surface area contributed by atoms with Crippen molar-refractivity contribution in [2.24, 2.45) is 5.73 Å². The third-order valence-electron chi connectivity index (χ3n) is 2.01. The van der Waals surface area contributed by atoms with Crippen LogP contribution in [0.3, 0.4) is 0 Å². The molecule has 0 amide bonds. The van der Waals surface area contributed by atoms with E-state index in [2.05, 4.69) is 0 Å². The lowest BCUT2D eigenvalue weighted by Crippen LogP contribution is -2.46. The van der Waals surface area contributed by atoms with Gasteiger partial charge in [0.05, 0.1) is 0 Å². The zero-order valence-corrected chi connectivity index (χ0v) is 8.03. The number of aliphatic carboxylic acids is 1. The zero-order valence-electron chi connectivity index (χ0n) is 8.03. The number of carboxylic acids is 1. The van der Waals surface area contributed by atoms with Gasteiger partial charge in [-0.2, -0.15) is 0 Å². The van der Waals surface area contributed by atoms with Crippen molar-refractivity contribution in [3.05, 3.63) is 29.8 Å². The Morgan fingerprint density at radius 2 is 2.21 bits per heavy atom. The summed E-state index contributed by atoms with van der Waals surface area (Å²) in [6.07, 6.45) is 0.271. The van der Waals surface area contributed by atoms with E-state index in [1.807, 2.05) is 6.07 Å². The fraction of sp³-hybridized carbons (Fsp3) is 0.300. The van der Waals surface area contributed by atoms with Crippen molar-refractivity contribution >= 4 is 11.7 Å². The first-order valence-electron chi connectivity index (χ1n) is 4.28. The van der Waals surface area contributed by atoms with E-state index in [1.54, 1.807) is 18.2 Å². The first-order chi connectivity index (χ1) is 6.42. The van der Waals surface area contributed by atoms with Gasteiger partial charge >= 0.3 is 5.97 Å². The Kier molecular flexibility index (Phi) is 2.76. The van der Waals surface area contributed by atoms with Crippen LogP contribution in [0.2, 0.25) is 0 Å². The summed E-state index contributed by atoms with van der Waals surface area (Å²) in [5, 5.41) is 8.82. The minimum absolute atomic E-state index is 0.271. The Morgan fingerprint density at radius 1 is 1.57 bits per heavy atom. The number of anilines is 1. The van der Waals surface area contributed by atoms with Gasteiger partial charge in [-0.25, -0.2) is 0 Å². The van der Waals surface area contributed by atoms with Crippen LogP contribution in [0.15, 0.2) is 24.3 Å². The van der Waals surface area contributed by atoms with Crippen LogP contribution in [-0.4, -0.2) is 16.6 Å². The third-order valence-corrected chi connectivity index (χ3v) is 2.01. The first-order valence-corrected chi connectivity index (χ1v) is 4.28. The number of benzene rings is 1. The SMILES string of the molecule is CC(N)(Cc1cccc(N)c1)C(=O)O. The highest BCUT2D eigenvalue weighted by molar-refractivity contribution is 5.78. The molecule has 0 saturated carbocycles. The van der Waals surface area contributed by atoms with Gasteiger partial charge in [-0.1, -0.05) is 12.1 Å². The number of nitrogens with two attached hydrogens (primary N) is 2. The number of carboxylic acid groups (broad SMARTS) is 1. The summed E-state index contributed by atoms with van der Waals surface area (Å²) in [6.45, 7) is 1.48. The largest absolute Gasteiger partial charge is 0.480 e. The molecule has 76 valence electrons. The lowest BCUT2D eigenvalue weighted by atomic mass is 9.94. The second kappa shape index (κ2) is 3.67. The molecule has 0 heterocycles. The minimum Gasteiger partial charge on any atom is -0.480 e. The monoisotopic (exact) mass is 194 g/mol. The van der Waals surface area contributed by atoms with E-state index in [4.69, 9.17) is 16.6 Å². The molecule has 0 fully saturated rings. The molecule has 0 radical (unpaired) electrons. The maximum atomic E-state index is 10.8. The fourth-order valence-electron chi connectivity index (χ4n) is 1.20. The van der Waals surface area contributed by atoms with E-state index in [-0.39, 0.29) is 6.42 Å². The molecular weight excluding hydrogens is 180 g/mol. The highest BCUT2D eigenvalue weighted by atomic mass is 16.4. The van der Waals surface area contributed by atoms with Crippen molar-refractivity contribution in [2.45, 2.75) is 18.9 Å². The van der Waals surface area contributed by atoms with Gasteiger partial charge in [0, 0.05) is 12.1 Å². The number of hydrogen-bond acceptors (Lipinski definition) is 3. The number of carbonyl (C=O) groups is 1. The summed E-state index contributed by atoms with van der Waals surface area (Å²) in [7, 11) is 0. The number of rotatable bonds is 3. The maximum Gasteiger partial charge on any atom is 0.323 e. The van der Waals surface area contributed by atoms with Gasteiger partial charge in [0.15, 0.2) is 0 Å². The van der Waals surface area contributed by atoms with Crippen LogP contribution in [0.4, 0.5) is 5.69 Å². The molecule has 4 heteroatoms. The van der Waals surface area contributed by atoms with Gasteiger partial charge in [0.25, 0.3) is 0 Å². The molecule has 14 heavy (non-hydrogen) atoms. The van der Waals surface area contributed by atoms with Crippen LogP contribution >= 0.6 is 0 Å². The molecule has 0 aliphatic heterocycles. The summed E-state index contributed by atoms with van der Waals surface area (Å²) in [5.74, 6) is -1.01. The zero-order chi connectivity index (χ0) is 10.8. The van der Waals surface area contributed by atoms with Crippen molar-refractivity contribution in [2.75, 3.05) is 5.73 Å². The van der Waals surface area contributed by atoms with Gasteiger partial charge in [-0.05, 0) is 24.6 Å². The first kappa shape index (κ1) is 10.5. The number of hydrogen-bond donors (Lipinski definition) is 3. The van der Waals surface area contributed by atoms with Gasteiger partial charge in [-0.3, -0.25) is 4.79 Å². The predicted octanol–water partition coefficient (Wildman–Crippen LogP) is 0.613. The second-order valence-corrected chi connectivity index (χ2v) is 3.64. The van der Waals surface area contributed by atoms with E-state index in [0.29, 0.717) is 5.69 Å². The van der Waals surface area contributed by atoms with Gasteiger partial charge < -0.3 is 16.6 Å². The maximum absolute atomic E-state index is 10.8. The molecule has 1 rings (SSSR count). The topological polar surface area (TPSA) is 89.3 Å². The van der Waals surface area contributed by atoms with Gasteiger partial charge in [0.2, 0.25) is 0 Å². The Bertz CT molecular complexity index is 348. The molecule has 0 aliphatic rings. The van der Waals surface area contributed by atoms with Crippen molar-refractivity contribution in [3.8, 4) is 0 Å². The molecular formula is C10H14N2O2. The van der Waals surface area contributed by atoms with E-state index in [9.17, 15) is 4.79 Å². The van der Waals surface area contributed by atoms with Crippen molar-refractivity contribution < 1.29 is 9.90 Å². The standard InChI is InChI=1S/C10H14N2O2/c1-10(12,9(13)14)6-7-3-2-4-8(11)5-7/h2-5H,6,11-12H2,1H3,(H,13,14). The molecule has 5 N–H and O–H groups in total. The van der Waals surface area contributed by atoms with Crippen molar-refractivity contribution in [1.29, 1.82) is 0 Å². The smallest absolute Gasteiger partial charge is 0.323 e. The molecule has 1 unspecified atom stereocenters. The molecule has 0 bridgehead atoms. The van der Waals surface area contributed by atoms with Gasteiger partial charge in [-0.15, -0.1) is 0 Å². The normalized spacial score (nSPS) is 14.7. The van der Waals surface area contributed by atoms with Crippen molar-refractivity contribution in [3.63, 3.8) is 0 Å².